The Bertz CT molecular complexity index is 143. The van der Waals surface area contributed by atoms with Gasteiger partial charge in [-0.3, -0.25) is 4.79 Å². The summed E-state index contributed by atoms with van der Waals surface area (Å²) in [5, 5.41) is 8.84. The molecule has 0 aromatic carbocycles. The van der Waals surface area contributed by atoms with Crippen molar-refractivity contribution in [3.8, 4) is 0 Å². The average Bonchev–Trinajstić information content (AvgIpc) is 2.20. The topological polar surface area (TPSA) is 37.3 Å². The first-order valence-electron chi connectivity index (χ1n) is 5.48. The molecule has 0 saturated heterocycles. The van der Waals surface area contributed by atoms with Gasteiger partial charge in [0.1, 0.15) is 0 Å². The van der Waals surface area contributed by atoms with Crippen LogP contribution >= 0.6 is 0 Å². The fraction of sp³-hybridized carbons (Fsp3) is 0.909. The fourth-order valence-electron chi connectivity index (χ4n) is 2.02. The van der Waals surface area contributed by atoms with E-state index in [0.717, 1.165) is 25.7 Å². The van der Waals surface area contributed by atoms with Crippen LogP contribution in [0.5, 0.6) is 0 Å². The second-order valence-corrected chi connectivity index (χ2v) is 3.40. The molecular weight excluding hydrogens is 164 g/mol. The van der Waals surface area contributed by atoms with Crippen LogP contribution in [0.15, 0.2) is 0 Å². The zero-order chi connectivity index (χ0) is 10.3. The minimum Gasteiger partial charge on any atom is -0.481 e. The fourth-order valence-corrected chi connectivity index (χ4v) is 2.02. The summed E-state index contributed by atoms with van der Waals surface area (Å²) in [6.07, 6.45) is 5.37. The summed E-state index contributed by atoms with van der Waals surface area (Å²) in [4.78, 5) is 10.7. The van der Waals surface area contributed by atoms with Gasteiger partial charge >= 0.3 is 5.97 Å². The monoisotopic (exact) mass is 186 g/mol. The lowest BCUT2D eigenvalue weighted by molar-refractivity contribution is -0.144. The molecule has 0 aromatic heterocycles. The van der Waals surface area contributed by atoms with Gasteiger partial charge in [0.15, 0.2) is 0 Å². The third-order valence-electron chi connectivity index (χ3n) is 2.75. The molecule has 1 rings (SSSR count). The molecule has 1 N–H and O–H groups in total. The summed E-state index contributed by atoms with van der Waals surface area (Å²) >= 11 is 0. The maximum Gasteiger partial charge on any atom is 0.306 e. The van der Waals surface area contributed by atoms with E-state index in [1.807, 2.05) is 13.8 Å². The van der Waals surface area contributed by atoms with Crippen LogP contribution in [0.3, 0.4) is 0 Å². The molecule has 2 atom stereocenters. The molecular formula is C11H22O2. The van der Waals surface area contributed by atoms with E-state index in [2.05, 4.69) is 6.92 Å². The van der Waals surface area contributed by atoms with E-state index in [9.17, 15) is 4.79 Å². The molecule has 1 aliphatic rings. The molecule has 0 amide bonds. The highest BCUT2D eigenvalue weighted by Crippen LogP contribution is 2.32. The van der Waals surface area contributed by atoms with Crippen molar-refractivity contribution < 1.29 is 9.90 Å². The number of aliphatic carboxylic acids is 1. The molecule has 13 heavy (non-hydrogen) atoms. The van der Waals surface area contributed by atoms with Gasteiger partial charge in [-0.15, -0.1) is 0 Å². The second kappa shape index (κ2) is 6.93. The van der Waals surface area contributed by atoms with Crippen molar-refractivity contribution in [3.05, 3.63) is 0 Å². The Kier molecular flexibility index (Phi) is 6.65. The summed E-state index contributed by atoms with van der Waals surface area (Å²) in [5.74, 6) is -0.188. The van der Waals surface area contributed by atoms with Gasteiger partial charge in [-0.05, 0) is 18.8 Å². The second-order valence-electron chi connectivity index (χ2n) is 3.40. The van der Waals surface area contributed by atoms with Crippen LogP contribution in [-0.4, -0.2) is 11.1 Å². The third-order valence-corrected chi connectivity index (χ3v) is 2.75. The first-order chi connectivity index (χ1) is 6.25. The van der Waals surface area contributed by atoms with Gasteiger partial charge in [0.2, 0.25) is 0 Å². The number of carboxylic acids is 1. The molecule has 1 aliphatic carbocycles. The molecule has 0 aliphatic heterocycles. The van der Waals surface area contributed by atoms with Crippen molar-refractivity contribution in [1.82, 2.24) is 0 Å². The largest absolute Gasteiger partial charge is 0.481 e. The molecule has 0 heterocycles. The predicted octanol–water partition coefficient (Wildman–Crippen LogP) is 3.31. The summed E-state index contributed by atoms with van der Waals surface area (Å²) in [7, 11) is 0. The Balaban J connectivity index is 0.000000671. The third kappa shape index (κ3) is 3.79. The van der Waals surface area contributed by atoms with E-state index in [4.69, 9.17) is 5.11 Å². The van der Waals surface area contributed by atoms with Gasteiger partial charge in [0.25, 0.3) is 0 Å². The van der Waals surface area contributed by atoms with E-state index < -0.39 is 5.97 Å². The van der Waals surface area contributed by atoms with Crippen molar-refractivity contribution in [3.63, 3.8) is 0 Å². The molecule has 2 heteroatoms. The highest BCUT2D eigenvalue weighted by molar-refractivity contribution is 5.70. The lowest BCUT2D eigenvalue weighted by atomic mass is 9.78. The normalized spacial score (nSPS) is 27.3. The van der Waals surface area contributed by atoms with Gasteiger partial charge in [-0.1, -0.05) is 40.0 Å². The quantitative estimate of drug-likeness (QED) is 0.718. The molecule has 0 radical (unpaired) electrons. The zero-order valence-corrected chi connectivity index (χ0v) is 9.05. The molecule has 78 valence electrons. The number of carboxylic acid groups (broad SMARTS) is 1. The van der Waals surface area contributed by atoms with Crippen molar-refractivity contribution in [1.29, 1.82) is 0 Å². The molecule has 2 nitrogen and oxygen atoms in total. The van der Waals surface area contributed by atoms with Crippen LogP contribution in [0.25, 0.3) is 0 Å². The summed E-state index contributed by atoms with van der Waals surface area (Å²) in [6.45, 7) is 6.09. The summed E-state index contributed by atoms with van der Waals surface area (Å²) in [6, 6.07) is 0. The average molecular weight is 186 g/mol. The highest BCUT2D eigenvalue weighted by Gasteiger charge is 2.28. The Hall–Kier alpha value is -0.530. The maximum atomic E-state index is 10.7. The molecule has 2 unspecified atom stereocenters. The van der Waals surface area contributed by atoms with E-state index in [1.165, 1.54) is 6.42 Å². The highest BCUT2D eigenvalue weighted by atomic mass is 16.4. The van der Waals surface area contributed by atoms with Gasteiger partial charge < -0.3 is 5.11 Å². The first kappa shape index (κ1) is 12.5. The van der Waals surface area contributed by atoms with Gasteiger partial charge in [0, 0.05) is 0 Å². The summed E-state index contributed by atoms with van der Waals surface area (Å²) in [5.41, 5.74) is 0. The Morgan fingerprint density at radius 2 is 1.85 bits per heavy atom. The van der Waals surface area contributed by atoms with Gasteiger partial charge in [0.05, 0.1) is 5.92 Å². The number of rotatable bonds is 2. The first-order valence-corrected chi connectivity index (χ1v) is 5.48. The SMILES string of the molecule is CC.CCC1CCCCC1C(=O)O. The maximum absolute atomic E-state index is 10.7. The zero-order valence-electron chi connectivity index (χ0n) is 9.05. The standard InChI is InChI=1S/C9H16O2.C2H6/c1-2-7-5-3-4-6-8(7)9(10)11;1-2/h7-8H,2-6H2,1H3,(H,10,11);1-2H3. The molecule has 0 spiro atoms. The molecule has 0 bridgehead atoms. The van der Waals surface area contributed by atoms with Gasteiger partial charge in [-0.25, -0.2) is 0 Å². The Morgan fingerprint density at radius 3 is 2.23 bits per heavy atom. The number of carbonyl (C=O) groups is 1. The van der Waals surface area contributed by atoms with Crippen molar-refractivity contribution >= 4 is 5.97 Å². The van der Waals surface area contributed by atoms with E-state index in [-0.39, 0.29) is 5.92 Å². The van der Waals surface area contributed by atoms with E-state index in [1.54, 1.807) is 0 Å². The van der Waals surface area contributed by atoms with Crippen molar-refractivity contribution in [2.24, 2.45) is 11.8 Å². The van der Waals surface area contributed by atoms with Crippen LogP contribution in [0, 0.1) is 11.8 Å². The van der Waals surface area contributed by atoms with Crippen LogP contribution in [0.4, 0.5) is 0 Å². The van der Waals surface area contributed by atoms with Crippen LogP contribution in [-0.2, 0) is 4.79 Å². The van der Waals surface area contributed by atoms with Crippen LogP contribution in [0.2, 0.25) is 0 Å². The summed E-state index contributed by atoms with van der Waals surface area (Å²) < 4.78 is 0. The smallest absolute Gasteiger partial charge is 0.306 e. The van der Waals surface area contributed by atoms with Crippen LogP contribution < -0.4 is 0 Å². The minimum absolute atomic E-state index is 0.0475. The lowest BCUT2D eigenvalue weighted by Crippen LogP contribution is -2.26. The van der Waals surface area contributed by atoms with Crippen LogP contribution in [0.1, 0.15) is 52.9 Å². The number of hydrogen-bond donors (Lipinski definition) is 1. The van der Waals surface area contributed by atoms with E-state index >= 15 is 0 Å². The van der Waals surface area contributed by atoms with Crippen molar-refractivity contribution in [2.45, 2.75) is 52.9 Å². The number of hydrogen-bond acceptors (Lipinski definition) is 1. The lowest BCUT2D eigenvalue weighted by Gasteiger charge is -2.27. The Morgan fingerprint density at radius 1 is 1.31 bits per heavy atom. The molecule has 0 aromatic rings. The minimum atomic E-state index is -0.587. The molecule has 1 fully saturated rings. The van der Waals surface area contributed by atoms with Crippen molar-refractivity contribution in [2.75, 3.05) is 0 Å². The van der Waals surface area contributed by atoms with Gasteiger partial charge in [-0.2, -0.15) is 0 Å². The molecule has 1 saturated carbocycles. The Labute approximate surface area is 81.3 Å². The van der Waals surface area contributed by atoms with E-state index in [0.29, 0.717) is 5.92 Å². The predicted molar refractivity (Wildman–Crippen MR) is 54.7 cm³/mol.